The number of ether oxygens (including phenoxy) is 1. The first kappa shape index (κ1) is 12.2. The summed E-state index contributed by atoms with van der Waals surface area (Å²) in [4.78, 5) is 11.2. The van der Waals surface area contributed by atoms with Gasteiger partial charge in [0, 0.05) is 13.1 Å². The van der Waals surface area contributed by atoms with Crippen molar-refractivity contribution in [2.45, 2.75) is 19.8 Å². The van der Waals surface area contributed by atoms with E-state index in [1.54, 1.807) is 0 Å². The van der Waals surface area contributed by atoms with Crippen molar-refractivity contribution in [3.8, 4) is 0 Å². The van der Waals surface area contributed by atoms with Gasteiger partial charge in [0.25, 0.3) is 0 Å². The van der Waals surface area contributed by atoms with Crippen LogP contribution in [-0.2, 0) is 9.53 Å². The van der Waals surface area contributed by atoms with Crippen molar-refractivity contribution in [3.63, 3.8) is 0 Å². The molecule has 15 heavy (non-hydrogen) atoms. The summed E-state index contributed by atoms with van der Waals surface area (Å²) >= 11 is 0. The van der Waals surface area contributed by atoms with Crippen LogP contribution in [-0.4, -0.2) is 38.8 Å². The van der Waals surface area contributed by atoms with Crippen molar-refractivity contribution in [1.82, 2.24) is 10.6 Å². The molecule has 0 aromatic rings. The quantitative estimate of drug-likeness (QED) is 0.628. The Morgan fingerprint density at radius 2 is 2.47 bits per heavy atom. The third kappa shape index (κ3) is 5.54. The summed E-state index contributed by atoms with van der Waals surface area (Å²) in [6.45, 7) is 5.45. The zero-order valence-electron chi connectivity index (χ0n) is 9.34. The van der Waals surface area contributed by atoms with Crippen molar-refractivity contribution in [3.05, 3.63) is 11.6 Å². The number of hydrogen-bond donors (Lipinski definition) is 2. The zero-order chi connectivity index (χ0) is 10.9. The molecule has 4 heteroatoms. The van der Waals surface area contributed by atoms with Crippen molar-refractivity contribution >= 4 is 5.91 Å². The van der Waals surface area contributed by atoms with E-state index in [1.807, 2.05) is 6.92 Å². The molecule has 0 unspecified atom stereocenters. The summed E-state index contributed by atoms with van der Waals surface area (Å²) < 4.78 is 5.30. The zero-order valence-corrected chi connectivity index (χ0v) is 9.34. The van der Waals surface area contributed by atoms with Crippen LogP contribution in [0.3, 0.4) is 0 Å². The molecule has 1 heterocycles. The van der Waals surface area contributed by atoms with E-state index >= 15 is 0 Å². The first-order chi connectivity index (χ1) is 7.33. The van der Waals surface area contributed by atoms with Crippen LogP contribution < -0.4 is 10.6 Å². The molecule has 1 amide bonds. The van der Waals surface area contributed by atoms with Crippen LogP contribution in [0, 0.1) is 0 Å². The van der Waals surface area contributed by atoms with E-state index in [9.17, 15) is 4.79 Å². The molecule has 0 bridgehead atoms. The van der Waals surface area contributed by atoms with E-state index in [-0.39, 0.29) is 5.91 Å². The van der Waals surface area contributed by atoms with Gasteiger partial charge in [-0.1, -0.05) is 13.0 Å². The Kier molecular flexibility index (Phi) is 6.04. The average molecular weight is 212 g/mol. The molecule has 0 saturated carbocycles. The Balaban J connectivity index is 2.04. The number of carbonyl (C=O) groups excluding carboxylic acids is 1. The fraction of sp³-hybridized carbons (Fsp3) is 0.727. The number of hydrogen-bond acceptors (Lipinski definition) is 3. The molecule has 0 aromatic carbocycles. The van der Waals surface area contributed by atoms with Crippen LogP contribution in [0.1, 0.15) is 19.8 Å². The summed E-state index contributed by atoms with van der Waals surface area (Å²) in [5.41, 5.74) is 1.24. The normalized spacial score (nSPS) is 15.9. The Bertz CT molecular complexity index is 227. The number of nitrogens with one attached hydrogen (secondary N) is 2. The molecule has 0 atom stereocenters. The monoisotopic (exact) mass is 212 g/mol. The van der Waals surface area contributed by atoms with E-state index in [0.717, 1.165) is 32.5 Å². The standard InChI is InChI=1S/C11H20N2O2/c1-2-5-13-11(14)8-12-7-10-4-3-6-15-9-10/h4,12H,2-3,5-9H2,1H3,(H,13,14). The van der Waals surface area contributed by atoms with E-state index in [0.29, 0.717) is 13.2 Å². The predicted octanol–water partition coefficient (Wildman–Crippen LogP) is 0.449. The molecular formula is C11H20N2O2. The molecule has 0 spiro atoms. The summed E-state index contributed by atoms with van der Waals surface area (Å²) in [7, 11) is 0. The van der Waals surface area contributed by atoms with Crippen LogP contribution in [0.2, 0.25) is 0 Å². The first-order valence-corrected chi connectivity index (χ1v) is 5.56. The lowest BCUT2D eigenvalue weighted by Crippen LogP contribution is -2.35. The lowest BCUT2D eigenvalue weighted by Gasteiger charge is -2.14. The fourth-order valence-electron chi connectivity index (χ4n) is 1.40. The van der Waals surface area contributed by atoms with Crippen molar-refractivity contribution in [2.75, 3.05) is 32.8 Å². The van der Waals surface area contributed by atoms with Gasteiger partial charge in [-0.05, 0) is 18.4 Å². The number of rotatable bonds is 6. The third-order valence-electron chi connectivity index (χ3n) is 2.19. The highest BCUT2D eigenvalue weighted by atomic mass is 16.5. The lowest BCUT2D eigenvalue weighted by atomic mass is 10.2. The number of amides is 1. The van der Waals surface area contributed by atoms with Gasteiger partial charge in [0.05, 0.1) is 19.8 Å². The predicted molar refractivity (Wildman–Crippen MR) is 59.7 cm³/mol. The van der Waals surface area contributed by atoms with E-state index in [2.05, 4.69) is 16.7 Å². The third-order valence-corrected chi connectivity index (χ3v) is 2.19. The highest BCUT2D eigenvalue weighted by Crippen LogP contribution is 2.03. The van der Waals surface area contributed by atoms with Crippen LogP contribution in [0.25, 0.3) is 0 Å². The molecule has 0 fully saturated rings. The molecule has 0 aromatic heterocycles. The van der Waals surface area contributed by atoms with Crippen LogP contribution in [0.4, 0.5) is 0 Å². The minimum absolute atomic E-state index is 0.0641. The smallest absolute Gasteiger partial charge is 0.233 e. The van der Waals surface area contributed by atoms with Gasteiger partial charge < -0.3 is 15.4 Å². The van der Waals surface area contributed by atoms with E-state index in [4.69, 9.17) is 4.74 Å². The Hall–Kier alpha value is -0.870. The fourth-order valence-corrected chi connectivity index (χ4v) is 1.40. The minimum Gasteiger partial charge on any atom is -0.377 e. The van der Waals surface area contributed by atoms with Crippen LogP contribution in [0.5, 0.6) is 0 Å². The second kappa shape index (κ2) is 7.43. The molecule has 2 N–H and O–H groups in total. The van der Waals surface area contributed by atoms with E-state index in [1.165, 1.54) is 5.57 Å². The lowest BCUT2D eigenvalue weighted by molar-refractivity contribution is -0.120. The molecule has 0 saturated heterocycles. The van der Waals surface area contributed by atoms with Gasteiger partial charge in [-0.15, -0.1) is 0 Å². The van der Waals surface area contributed by atoms with Gasteiger partial charge in [-0.2, -0.15) is 0 Å². The second-order valence-electron chi connectivity index (χ2n) is 3.66. The van der Waals surface area contributed by atoms with Gasteiger partial charge >= 0.3 is 0 Å². The van der Waals surface area contributed by atoms with Crippen molar-refractivity contribution in [1.29, 1.82) is 0 Å². The molecular weight excluding hydrogens is 192 g/mol. The Morgan fingerprint density at radius 1 is 1.60 bits per heavy atom. The van der Waals surface area contributed by atoms with Gasteiger partial charge in [0.15, 0.2) is 0 Å². The molecule has 4 nitrogen and oxygen atoms in total. The second-order valence-corrected chi connectivity index (χ2v) is 3.66. The topological polar surface area (TPSA) is 50.4 Å². The largest absolute Gasteiger partial charge is 0.377 e. The maximum Gasteiger partial charge on any atom is 0.233 e. The summed E-state index contributed by atoms with van der Waals surface area (Å²) in [6.07, 6.45) is 4.14. The molecule has 1 aliphatic heterocycles. The number of carbonyl (C=O) groups is 1. The molecule has 0 radical (unpaired) electrons. The Labute approximate surface area is 91.1 Å². The summed E-state index contributed by atoms with van der Waals surface area (Å²) in [5.74, 6) is 0.0641. The highest BCUT2D eigenvalue weighted by Gasteiger charge is 2.04. The minimum atomic E-state index is 0.0641. The SMILES string of the molecule is CCCNC(=O)CNCC1=CCCOC1. The maximum absolute atomic E-state index is 11.2. The first-order valence-electron chi connectivity index (χ1n) is 5.56. The molecule has 0 aliphatic carbocycles. The highest BCUT2D eigenvalue weighted by molar-refractivity contribution is 5.77. The maximum atomic E-state index is 11.2. The van der Waals surface area contributed by atoms with Gasteiger partial charge in [0.1, 0.15) is 0 Å². The van der Waals surface area contributed by atoms with Crippen molar-refractivity contribution in [2.24, 2.45) is 0 Å². The molecule has 1 aliphatic rings. The van der Waals surface area contributed by atoms with Gasteiger partial charge in [-0.25, -0.2) is 0 Å². The van der Waals surface area contributed by atoms with Gasteiger partial charge in [-0.3, -0.25) is 4.79 Å². The van der Waals surface area contributed by atoms with Gasteiger partial charge in [0.2, 0.25) is 5.91 Å². The summed E-state index contributed by atoms with van der Waals surface area (Å²) in [6, 6.07) is 0. The van der Waals surface area contributed by atoms with E-state index < -0.39 is 0 Å². The van der Waals surface area contributed by atoms with Crippen LogP contribution >= 0.6 is 0 Å². The van der Waals surface area contributed by atoms with Crippen molar-refractivity contribution < 1.29 is 9.53 Å². The average Bonchev–Trinajstić information content (AvgIpc) is 2.28. The van der Waals surface area contributed by atoms with Crippen LogP contribution in [0.15, 0.2) is 11.6 Å². The Morgan fingerprint density at radius 3 is 3.13 bits per heavy atom. The summed E-state index contributed by atoms with van der Waals surface area (Å²) in [5, 5.41) is 5.92. The molecule has 1 rings (SSSR count). The molecule has 86 valence electrons.